The highest BCUT2D eigenvalue weighted by molar-refractivity contribution is 7.20. The molecule has 0 aromatic carbocycles. The van der Waals surface area contributed by atoms with Crippen LogP contribution in [0.2, 0.25) is 0 Å². The summed E-state index contributed by atoms with van der Waals surface area (Å²) < 4.78 is 5.08. The third-order valence-corrected chi connectivity index (χ3v) is 5.45. The molecular weight excluding hydrogens is 354 g/mol. The highest BCUT2D eigenvalue weighted by Gasteiger charge is 2.30. The van der Waals surface area contributed by atoms with Gasteiger partial charge in [-0.3, -0.25) is 9.69 Å². The molecule has 0 amide bonds. The molecule has 2 aromatic heterocycles. The zero-order valence-corrected chi connectivity index (χ0v) is 15.8. The van der Waals surface area contributed by atoms with Gasteiger partial charge in [-0.05, 0) is 32.3 Å². The van der Waals surface area contributed by atoms with Gasteiger partial charge in [-0.25, -0.2) is 9.78 Å². The van der Waals surface area contributed by atoms with E-state index in [-0.39, 0.29) is 12.2 Å². The standard InChI is InChI=1S/C18H23N3O4S/c1-4-7-25-18(24)15-11(3)14-16(23)19-13(20-17(14)26-15)9-21(8-10(2)22)12-5-6-12/h4,10,12,22H,1,5-9H2,2-3H3,(H,19,20,23). The summed E-state index contributed by atoms with van der Waals surface area (Å²) in [6.07, 6.45) is 3.24. The van der Waals surface area contributed by atoms with Gasteiger partial charge in [-0.2, -0.15) is 0 Å². The minimum atomic E-state index is -0.472. The molecule has 3 rings (SSSR count). The number of aromatic nitrogens is 2. The second-order valence-electron chi connectivity index (χ2n) is 6.65. The first-order chi connectivity index (χ1) is 12.4. The Morgan fingerprint density at radius 1 is 1.58 bits per heavy atom. The van der Waals surface area contributed by atoms with E-state index >= 15 is 0 Å². The summed E-state index contributed by atoms with van der Waals surface area (Å²) in [5, 5.41) is 10.1. The van der Waals surface area contributed by atoms with Crippen LogP contribution in [0.15, 0.2) is 17.4 Å². The van der Waals surface area contributed by atoms with Gasteiger partial charge in [0.2, 0.25) is 0 Å². The second-order valence-corrected chi connectivity index (χ2v) is 7.64. The van der Waals surface area contributed by atoms with Crippen LogP contribution in [0.25, 0.3) is 10.2 Å². The van der Waals surface area contributed by atoms with E-state index < -0.39 is 12.1 Å². The Hall–Kier alpha value is -2.03. The third-order valence-electron chi connectivity index (χ3n) is 4.28. The first-order valence-electron chi connectivity index (χ1n) is 8.63. The van der Waals surface area contributed by atoms with Gasteiger partial charge in [0.15, 0.2) is 0 Å². The lowest BCUT2D eigenvalue weighted by Crippen LogP contribution is -2.33. The molecule has 2 heterocycles. The third kappa shape index (κ3) is 4.03. The zero-order valence-electron chi connectivity index (χ0n) is 14.9. The van der Waals surface area contributed by atoms with Crippen molar-refractivity contribution < 1.29 is 14.6 Å². The number of nitrogens with one attached hydrogen (secondary N) is 1. The van der Waals surface area contributed by atoms with Gasteiger partial charge in [0, 0.05) is 12.6 Å². The summed E-state index contributed by atoms with van der Waals surface area (Å²) in [4.78, 5) is 35.1. The van der Waals surface area contributed by atoms with Crippen LogP contribution >= 0.6 is 11.3 Å². The molecule has 1 fully saturated rings. The number of nitrogens with zero attached hydrogens (tertiary/aromatic N) is 2. The minimum Gasteiger partial charge on any atom is -0.457 e. The van der Waals surface area contributed by atoms with Crippen molar-refractivity contribution in [1.82, 2.24) is 14.9 Å². The maximum atomic E-state index is 12.5. The van der Waals surface area contributed by atoms with Crippen molar-refractivity contribution in [2.75, 3.05) is 13.2 Å². The highest BCUT2D eigenvalue weighted by atomic mass is 32.1. The molecule has 140 valence electrons. The number of rotatable bonds is 8. The van der Waals surface area contributed by atoms with Crippen LogP contribution in [0.3, 0.4) is 0 Å². The van der Waals surface area contributed by atoms with Crippen molar-refractivity contribution in [3.05, 3.63) is 39.3 Å². The molecular formula is C18H23N3O4S. The molecule has 2 aromatic rings. The van der Waals surface area contributed by atoms with Gasteiger partial charge < -0.3 is 14.8 Å². The van der Waals surface area contributed by atoms with E-state index in [2.05, 4.69) is 21.4 Å². The van der Waals surface area contributed by atoms with Crippen LogP contribution in [-0.2, 0) is 11.3 Å². The lowest BCUT2D eigenvalue weighted by molar-refractivity contribution is 0.0555. The Balaban J connectivity index is 1.90. The predicted octanol–water partition coefficient (Wildman–Crippen LogP) is 1.98. The van der Waals surface area contributed by atoms with Gasteiger partial charge in [0.1, 0.15) is 22.1 Å². The zero-order chi connectivity index (χ0) is 18.8. The van der Waals surface area contributed by atoms with Crippen LogP contribution < -0.4 is 5.56 Å². The SMILES string of the molecule is C=CCOC(=O)c1sc2nc(CN(CC(C)O)C3CC3)[nH]c(=O)c2c1C. The molecule has 0 saturated heterocycles. The van der Waals surface area contributed by atoms with Crippen LogP contribution in [0, 0.1) is 6.92 Å². The van der Waals surface area contributed by atoms with Gasteiger partial charge in [0.25, 0.3) is 5.56 Å². The number of ether oxygens (including phenoxy) is 1. The van der Waals surface area contributed by atoms with E-state index in [0.717, 1.165) is 12.8 Å². The molecule has 1 aliphatic carbocycles. The minimum absolute atomic E-state index is 0.122. The van der Waals surface area contributed by atoms with Crippen LogP contribution in [0.1, 0.15) is 40.8 Å². The number of aromatic amines is 1. The molecule has 0 aliphatic heterocycles. The van der Waals surface area contributed by atoms with Crippen molar-refractivity contribution in [3.63, 3.8) is 0 Å². The smallest absolute Gasteiger partial charge is 0.348 e. The quantitative estimate of drug-likeness (QED) is 0.539. The summed E-state index contributed by atoms with van der Waals surface area (Å²) in [6.45, 7) is 8.12. The fourth-order valence-electron chi connectivity index (χ4n) is 2.97. The van der Waals surface area contributed by atoms with E-state index in [1.54, 1.807) is 13.8 Å². The monoisotopic (exact) mass is 377 g/mol. The van der Waals surface area contributed by atoms with E-state index in [9.17, 15) is 14.7 Å². The van der Waals surface area contributed by atoms with E-state index in [4.69, 9.17) is 4.74 Å². The van der Waals surface area contributed by atoms with Crippen LogP contribution in [0.5, 0.6) is 0 Å². The lowest BCUT2D eigenvalue weighted by atomic mass is 10.2. The lowest BCUT2D eigenvalue weighted by Gasteiger charge is -2.22. The maximum Gasteiger partial charge on any atom is 0.348 e. The fourth-order valence-corrected chi connectivity index (χ4v) is 4.07. The van der Waals surface area contributed by atoms with Crippen molar-refractivity contribution in [1.29, 1.82) is 0 Å². The number of carbonyl (C=O) groups excluding carboxylic acids is 1. The average Bonchev–Trinajstić information content (AvgIpc) is 3.36. The number of H-pyrrole nitrogens is 1. The molecule has 1 unspecified atom stereocenters. The molecule has 0 bridgehead atoms. The number of aliphatic hydroxyl groups is 1. The molecule has 2 N–H and O–H groups in total. The Kier molecular flexibility index (Phi) is 5.55. The number of thiophene rings is 1. The summed E-state index contributed by atoms with van der Waals surface area (Å²) in [5.74, 6) is 0.0716. The normalized spacial score (nSPS) is 15.4. The van der Waals surface area contributed by atoms with E-state index in [0.29, 0.717) is 45.6 Å². The largest absolute Gasteiger partial charge is 0.457 e. The molecule has 8 heteroatoms. The van der Waals surface area contributed by atoms with Crippen molar-refractivity contribution >= 4 is 27.5 Å². The number of aryl methyl sites for hydroxylation is 1. The highest BCUT2D eigenvalue weighted by Crippen LogP contribution is 2.30. The van der Waals surface area contributed by atoms with Crippen LogP contribution in [0.4, 0.5) is 0 Å². The number of carbonyl (C=O) groups is 1. The average molecular weight is 377 g/mol. The topological polar surface area (TPSA) is 95.5 Å². The summed E-state index contributed by atoms with van der Waals surface area (Å²) in [5.41, 5.74) is 0.330. The van der Waals surface area contributed by atoms with Gasteiger partial charge >= 0.3 is 5.97 Å². The Labute approximate surface area is 155 Å². The molecule has 0 radical (unpaired) electrons. The first kappa shape index (κ1) is 18.8. The van der Waals surface area contributed by atoms with E-state index in [1.807, 2.05) is 0 Å². The van der Waals surface area contributed by atoms with Gasteiger partial charge in [-0.1, -0.05) is 12.7 Å². The van der Waals surface area contributed by atoms with Crippen molar-refractivity contribution in [2.45, 2.75) is 45.4 Å². The van der Waals surface area contributed by atoms with E-state index in [1.165, 1.54) is 17.4 Å². The molecule has 1 atom stereocenters. The number of aliphatic hydroxyl groups excluding tert-OH is 1. The number of hydrogen-bond acceptors (Lipinski definition) is 7. The Morgan fingerprint density at radius 2 is 2.31 bits per heavy atom. The number of esters is 1. The molecule has 0 spiro atoms. The Morgan fingerprint density at radius 3 is 2.92 bits per heavy atom. The summed E-state index contributed by atoms with van der Waals surface area (Å²) >= 11 is 1.17. The summed E-state index contributed by atoms with van der Waals surface area (Å²) in [6, 6.07) is 0.431. The first-order valence-corrected chi connectivity index (χ1v) is 9.44. The maximum absolute atomic E-state index is 12.5. The molecule has 1 aliphatic rings. The predicted molar refractivity (Wildman–Crippen MR) is 101 cm³/mol. The molecule has 1 saturated carbocycles. The van der Waals surface area contributed by atoms with Gasteiger partial charge in [0.05, 0.1) is 18.0 Å². The molecule has 7 nitrogen and oxygen atoms in total. The van der Waals surface area contributed by atoms with Crippen molar-refractivity contribution in [3.8, 4) is 0 Å². The molecule has 26 heavy (non-hydrogen) atoms. The fraction of sp³-hybridized carbons (Fsp3) is 0.500. The van der Waals surface area contributed by atoms with Crippen molar-refractivity contribution in [2.24, 2.45) is 0 Å². The Bertz CT molecular complexity index is 882. The van der Waals surface area contributed by atoms with Crippen LogP contribution in [-0.4, -0.2) is 51.2 Å². The number of fused-ring (bicyclic) bond motifs is 1. The second kappa shape index (κ2) is 7.69. The van der Waals surface area contributed by atoms with Gasteiger partial charge in [-0.15, -0.1) is 11.3 Å². The number of hydrogen-bond donors (Lipinski definition) is 2. The summed E-state index contributed by atoms with van der Waals surface area (Å²) in [7, 11) is 0.